The maximum absolute atomic E-state index is 15.0. The highest BCUT2D eigenvalue weighted by Crippen LogP contribution is 2.37. The lowest BCUT2D eigenvalue weighted by Gasteiger charge is -2.28. The molecule has 4 nitrogen and oxygen atoms in total. The Balaban J connectivity index is 1.47. The van der Waals surface area contributed by atoms with Crippen LogP contribution in [-0.4, -0.2) is 25.8 Å². The molecule has 0 radical (unpaired) electrons. The summed E-state index contributed by atoms with van der Waals surface area (Å²) in [6.07, 6.45) is 3.21. The summed E-state index contributed by atoms with van der Waals surface area (Å²) in [4.78, 5) is 12.5. The third kappa shape index (κ3) is 5.86. The van der Waals surface area contributed by atoms with Crippen molar-refractivity contribution >= 4 is 5.97 Å². The van der Waals surface area contributed by atoms with Crippen LogP contribution in [0.25, 0.3) is 11.1 Å². The summed E-state index contributed by atoms with van der Waals surface area (Å²) in [5.74, 6) is -5.81. The molecule has 3 aromatic carbocycles. The van der Waals surface area contributed by atoms with Crippen molar-refractivity contribution in [3.63, 3.8) is 0 Å². The van der Waals surface area contributed by atoms with Crippen LogP contribution < -0.4 is 4.74 Å². The van der Waals surface area contributed by atoms with Gasteiger partial charge in [-0.1, -0.05) is 24.3 Å². The molecule has 0 amide bonds. The molecule has 0 heterocycles. The monoisotopic (exact) mass is 516 g/mol. The predicted octanol–water partition coefficient (Wildman–Crippen LogP) is 7.34. The third-order valence-corrected chi connectivity index (χ3v) is 6.78. The van der Waals surface area contributed by atoms with Crippen LogP contribution in [0.3, 0.4) is 0 Å². The van der Waals surface area contributed by atoms with E-state index in [9.17, 15) is 18.0 Å². The Bertz CT molecular complexity index is 1250. The van der Waals surface area contributed by atoms with Crippen LogP contribution in [0.5, 0.6) is 5.75 Å². The smallest absolute Gasteiger partial charge is 0.343 e. The Morgan fingerprint density at radius 3 is 2.19 bits per heavy atom. The Labute approximate surface area is 213 Å². The Kier molecular flexibility index (Phi) is 8.61. The van der Waals surface area contributed by atoms with Gasteiger partial charge in [0.15, 0.2) is 23.2 Å². The summed E-state index contributed by atoms with van der Waals surface area (Å²) in [6.45, 7) is 1.96. The topological polar surface area (TPSA) is 44.8 Å². The minimum atomic E-state index is -1.30. The number of rotatable bonds is 8. The molecule has 0 atom stereocenters. The van der Waals surface area contributed by atoms with Gasteiger partial charge in [-0.15, -0.1) is 0 Å². The summed E-state index contributed by atoms with van der Waals surface area (Å²) in [7, 11) is 1.66. The quantitative estimate of drug-likeness (QED) is 0.179. The number of ether oxygens (including phenoxy) is 3. The first-order chi connectivity index (χ1) is 17.8. The molecule has 0 unspecified atom stereocenters. The Morgan fingerprint density at radius 2 is 1.54 bits per heavy atom. The van der Waals surface area contributed by atoms with Crippen molar-refractivity contribution in [2.45, 2.75) is 51.2 Å². The summed E-state index contributed by atoms with van der Waals surface area (Å²) in [6, 6.07) is 11.2. The van der Waals surface area contributed by atoms with Crippen LogP contribution in [0.15, 0.2) is 48.5 Å². The molecule has 4 rings (SSSR count). The summed E-state index contributed by atoms with van der Waals surface area (Å²) in [5, 5.41) is 0. The van der Waals surface area contributed by atoms with Gasteiger partial charge in [-0.05, 0) is 73.9 Å². The molecule has 0 N–H and O–H groups in total. The second kappa shape index (κ2) is 11.9. The van der Waals surface area contributed by atoms with Crippen molar-refractivity contribution in [3.8, 4) is 16.9 Å². The molecule has 37 heavy (non-hydrogen) atoms. The van der Waals surface area contributed by atoms with Crippen LogP contribution in [0.4, 0.5) is 17.6 Å². The maximum atomic E-state index is 15.0. The van der Waals surface area contributed by atoms with Crippen LogP contribution in [0.1, 0.15) is 60.0 Å². The van der Waals surface area contributed by atoms with E-state index in [1.807, 2.05) is 0 Å². The largest absolute Gasteiger partial charge is 0.420 e. The van der Waals surface area contributed by atoms with Gasteiger partial charge in [0.2, 0.25) is 5.82 Å². The molecular weight excluding hydrogens is 488 g/mol. The average Bonchev–Trinajstić information content (AvgIpc) is 2.92. The number of methoxy groups -OCH3 is 1. The van der Waals surface area contributed by atoms with Gasteiger partial charge in [-0.3, -0.25) is 0 Å². The van der Waals surface area contributed by atoms with Gasteiger partial charge >= 0.3 is 5.97 Å². The lowest BCUT2D eigenvalue weighted by atomic mass is 9.82. The van der Waals surface area contributed by atoms with E-state index < -0.39 is 35.0 Å². The first-order valence-electron chi connectivity index (χ1n) is 12.2. The van der Waals surface area contributed by atoms with Crippen molar-refractivity contribution in [2.24, 2.45) is 0 Å². The highest BCUT2D eigenvalue weighted by Gasteiger charge is 2.26. The first-order valence-corrected chi connectivity index (χ1v) is 12.2. The molecule has 1 aliphatic rings. The molecule has 0 saturated heterocycles. The van der Waals surface area contributed by atoms with E-state index in [4.69, 9.17) is 14.2 Å². The van der Waals surface area contributed by atoms with Gasteiger partial charge in [0, 0.05) is 24.8 Å². The van der Waals surface area contributed by atoms with E-state index in [1.54, 1.807) is 20.1 Å². The zero-order chi connectivity index (χ0) is 26.5. The fraction of sp³-hybridized carbons (Fsp3) is 0.345. The van der Waals surface area contributed by atoms with Crippen molar-refractivity contribution in [1.29, 1.82) is 0 Å². The highest BCUT2D eigenvalue weighted by atomic mass is 19.2. The van der Waals surface area contributed by atoms with E-state index in [2.05, 4.69) is 0 Å². The van der Waals surface area contributed by atoms with Gasteiger partial charge < -0.3 is 14.2 Å². The van der Waals surface area contributed by atoms with Crippen LogP contribution in [0, 0.1) is 23.3 Å². The third-order valence-electron chi connectivity index (χ3n) is 6.78. The van der Waals surface area contributed by atoms with Gasteiger partial charge in [-0.2, -0.15) is 4.39 Å². The van der Waals surface area contributed by atoms with Gasteiger partial charge in [-0.25, -0.2) is 18.0 Å². The fourth-order valence-electron chi connectivity index (χ4n) is 4.63. The molecule has 1 aliphatic carbocycles. The van der Waals surface area contributed by atoms with Gasteiger partial charge in [0.05, 0.1) is 18.3 Å². The van der Waals surface area contributed by atoms with Crippen molar-refractivity contribution in [2.75, 3.05) is 13.7 Å². The lowest BCUT2D eigenvalue weighted by Crippen LogP contribution is -2.20. The van der Waals surface area contributed by atoms with Gasteiger partial charge in [0.25, 0.3) is 0 Å². The van der Waals surface area contributed by atoms with Crippen molar-refractivity contribution < 1.29 is 36.6 Å². The molecular formula is C29H28F4O4. The second-order valence-electron chi connectivity index (χ2n) is 8.99. The molecule has 196 valence electrons. The highest BCUT2D eigenvalue weighted by molar-refractivity contribution is 5.91. The van der Waals surface area contributed by atoms with Gasteiger partial charge in [0.1, 0.15) is 0 Å². The number of carbonyl (C=O) groups excluding carboxylic acids is 1. The Hall–Kier alpha value is -3.23. The van der Waals surface area contributed by atoms with E-state index in [1.165, 1.54) is 36.4 Å². The normalized spacial score (nSPS) is 17.6. The summed E-state index contributed by atoms with van der Waals surface area (Å²) in [5.41, 5.74) is 0.822. The van der Waals surface area contributed by atoms with E-state index in [-0.39, 0.29) is 35.3 Å². The van der Waals surface area contributed by atoms with Crippen molar-refractivity contribution in [1.82, 2.24) is 0 Å². The molecule has 3 aromatic rings. The molecule has 1 saturated carbocycles. The molecule has 0 bridgehead atoms. The lowest BCUT2D eigenvalue weighted by molar-refractivity contribution is 0.0655. The minimum Gasteiger partial charge on any atom is -0.420 e. The molecule has 8 heteroatoms. The molecule has 1 fully saturated rings. The fourth-order valence-corrected chi connectivity index (χ4v) is 4.63. The predicted molar refractivity (Wildman–Crippen MR) is 130 cm³/mol. The van der Waals surface area contributed by atoms with Crippen LogP contribution in [0.2, 0.25) is 0 Å². The Morgan fingerprint density at radius 1 is 0.838 bits per heavy atom. The summed E-state index contributed by atoms with van der Waals surface area (Å²) >= 11 is 0. The van der Waals surface area contributed by atoms with E-state index in [0.717, 1.165) is 31.7 Å². The number of benzene rings is 3. The number of esters is 1. The average molecular weight is 517 g/mol. The maximum Gasteiger partial charge on any atom is 0.343 e. The van der Waals surface area contributed by atoms with Crippen LogP contribution in [-0.2, 0) is 16.1 Å². The minimum absolute atomic E-state index is 0.00596. The van der Waals surface area contributed by atoms with E-state index >= 15 is 4.39 Å². The van der Waals surface area contributed by atoms with E-state index in [0.29, 0.717) is 17.7 Å². The number of carbonyl (C=O) groups is 1. The number of hydrogen-bond donors (Lipinski definition) is 0. The second-order valence-corrected chi connectivity index (χ2v) is 8.99. The zero-order valence-electron chi connectivity index (χ0n) is 20.7. The molecule has 0 aliphatic heterocycles. The number of halogens is 4. The first kappa shape index (κ1) is 26.8. The van der Waals surface area contributed by atoms with Crippen molar-refractivity contribution in [3.05, 3.63) is 88.5 Å². The van der Waals surface area contributed by atoms with Crippen LogP contribution >= 0.6 is 0 Å². The molecule has 0 spiro atoms. The SMILES string of the molecule is CCOCc1ccc(OC(=O)c2ccc(-c3ccc(C4CCC(OC)CC4)c(F)c3F)cc2)c(F)c1F. The summed E-state index contributed by atoms with van der Waals surface area (Å²) < 4.78 is 74.0. The number of hydrogen-bond acceptors (Lipinski definition) is 4. The zero-order valence-corrected chi connectivity index (χ0v) is 20.7. The standard InChI is InChI=1S/C29H28F4O4/c1-3-36-16-20-10-15-24(28(33)25(20)30)37-29(34)19-6-4-17(5-7-19)22-13-14-23(27(32)26(22)31)18-8-11-21(35-2)12-9-18/h4-7,10,13-15,18,21H,3,8-9,11-12,16H2,1-2H3. The molecule has 0 aromatic heterocycles.